The quantitative estimate of drug-likeness (QED) is 0.179. The average molecular weight is 698 g/mol. The van der Waals surface area contributed by atoms with Gasteiger partial charge in [-0.1, -0.05) is 115 Å². The second-order valence-corrected chi connectivity index (χ2v) is 14.1. The first kappa shape index (κ1) is 29.7. The maximum atomic E-state index is 6.61. The number of imidazole rings is 1. The molecular formula is C46H27N5OS. The third-order valence-corrected chi connectivity index (χ3v) is 11.0. The summed E-state index contributed by atoms with van der Waals surface area (Å²) in [5.74, 6) is 2.64. The van der Waals surface area contributed by atoms with Crippen LogP contribution in [0.2, 0.25) is 0 Å². The molecule has 53 heavy (non-hydrogen) atoms. The van der Waals surface area contributed by atoms with Crippen LogP contribution in [0.4, 0.5) is 0 Å². The van der Waals surface area contributed by atoms with Gasteiger partial charge in [0.25, 0.3) is 0 Å². The largest absolute Gasteiger partial charge is 0.456 e. The lowest BCUT2D eigenvalue weighted by atomic mass is 10.0. The number of hydrogen-bond donors (Lipinski definition) is 0. The minimum absolute atomic E-state index is 0.574. The maximum Gasteiger partial charge on any atom is 0.164 e. The molecule has 0 atom stereocenters. The molecule has 0 radical (unpaired) electrons. The van der Waals surface area contributed by atoms with E-state index in [1.807, 2.05) is 66.7 Å². The number of hydrogen-bond acceptors (Lipinski definition) is 6. The Balaban J connectivity index is 1.21. The number of rotatable bonds is 5. The summed E-state index contributed by atoms with van der Waals surface area (Å²) in [7, 11) is 0. The summed E-state index contributed by atoms with van der Waals surface area (Å²) in [6.45, 7) is 0. The van der Waals surface area contributed by atoms with Crippen molar-refractivity contribution in [2.45, 2.75) is 0 Å². The highest BCUT2D eigenvalue weighted by Gasteiger charge is 2.23. The molecule has 0 N–H and O–H groups in total. The molecule has 0 bridgehead atoms. The predicted molar refractivity (Wildman–Crippen MR) is 216 cm³/mol. The minimum Gasteiger partial charge on any atom is -0.456 e. The van der Waals surface area contributed by atoms with Gasteiger partial charge in [-0.25, -0.2) is 19.9 Å². The summed E-state index contributed by atoms with van der Waals surface area (Å²) in [6, 6.07) is 56.0. The van der Waals surface area contributed by atoms with Gasteiger partial charge in [0.05, 0.1) is 11.0 Å². The lowest BCUT2D eigenvalue weighted by molar-refractivity contribution is 0.669. The number of aromatic nitrogens is 5. The molecule has 4 heterocycles. The Morgan fingerprint density at radius 1 is 0.434 bits per heavy atom. The molecule has 0 fully saturated rings. The number of nitrogens with zero attached hydrogens (tertiary/aromatic N) is 5. The number of benzene rings is 7. The molecule has 0 unspecified atom stereocenters. The molecule has 7 aromatic carbocycles. The number of para-hydroxylation sites is 3. The molecule has 0 saturated carbocycles. The molecule has 0 aliphatic rings. The lowest BCUT2D eigenvalue weighted by Crippen LogP contribution is -2.01. The molecule has 0 spiro atoms. The fourth-order valence-electron chi connectivity index (χ4n) is 7.58. The van der Waals surface area contributed by atoms with E-state index in [2.05, 4.69) is 102 Å². The minimum atomic E-state index is 0.574. The van der Waals surface area contributed by atoms with Crippen molar-refractivity contribution in [3.8, 4) is 51.2 Å². The summed E-state index contributed by atoms with van der Waals surface area (Å²) in [5.41, 5.74) is 8.21. The Morgan fingerprint density at radius 2 is 1.02 bits per heavy atom. The van der Waals surface area contributed by atoms with E-state index in [1.165, 1.54) is 14.8 Å². The zero-order valence-corrected chi connectivity index (χ0v) is 29.0. The van der Waals surface area contributed by atoms with Crippen LogP contribution < -0.4 is 0 Å². The Labute approximate surface area is 307 Å². The normalized spacial score (nSPS) is 11.8. The molecule has 6 nitrogen and oxygen atoms in total. The van der Waals surface area contributed by atoms with Gasteiger partial charge in [-0.2, -0.15) is 0 Å². The van der Waals surface area contributed by atoms with E-state index in [-0.39, 0.29) is 0 Å². The van der Waals surface area contributed by atoms with Crippen LogP contribution in [0.5, 0.6) is 0 Å². The van der Waals surface area contributed by atoms with Crippen LogP contribution in [0.3, 0.4) is 0 Å². The van der Waals surface area contributed by atoms with E-state index in [9.17, 15) is 0 Å². The molecule has 0 aliphatic carbocycles. The van der Waals surface area contributed by atoms with E-state index in [1.54, 1.807) is 11.3 Å². The smallest absolute Gasteiger partial charge is 0.164 e. The maximum absolute atomic E-state index is 6.61. The van der Waals surface area contributed by atoms with Gasteiger partial charge in [0.2, 0.25) is 0 Å². The molecule has 7 heteroatoms. The van der Waals surface area contributed by atoms with Gasteiger partial charge in [-0.3, -0.25) is 4.57 Å². The standard InChI is InChI=1S/C46H27N5OS/c1-3-14-28(15-4-1)43-48-44(31-20-13-27-39-40(31)30-18-7-10-26-38(30)53-39)50-45(49-43)32-19-11-24-36-41(32)42-33(21-12-25-37(42)52-36)46-47-34-22-8-9-23-35(34)51(46)29-16-5-2-6-17-29/h1-27H. The summed E-state index contributed by atoms with van der Waals surface area (Å²) < 4.78 is 11.3. The highest BCUT2D eigenvalue weighted by molar-refractivity contribution is 7.25. The highest BCUT2D eigenvalue weighted by atomic mass is 32.1. The molecule has 11 rings (SSSR count). The lowest BCUT2D eigenvalue weighted by Gasteiger charge is -2.12. The van der Waals surface area contributed by atoms with Crippen LogP contribution in [0.25, 0.3) is 104 Å². The number of furan rings is 1. The number of fused-ring (bicyclic) bond motifs is 7. The van der Waals surface area contributed by atoms with Crippen molar-refractivity contribution in [1.29, 1.82) is 0 Å². The Hall–Kier alpha value is -6.96. The van der Waals surface area contributed by atoms with Crippen LogP contribution >= 0.6 is 11.3 Å². The molecule has 4 aromatic heterocycles. The van der Waals surface area contributed by atoms with Gasteiger partial charge in [-0.05, 0) is 48.5 Å². The first-order chi connectivity index (χ1) is 26.3. The van der Waals surface area contributed by atoms with Gasteiger partial charge < -0.3 is 4.42 Å². The van der Waals surface area contributed by atoms with Gasteiger partial charge in [0.1, 0.15) is 17.0 Å². The number of thiophene rings is 1. The second kappa shape index (κ2) is 11.8. The van der Waals surface area contributed by atoms with Crippen molar-refractivity contribution < 1.29 is 4.42 Å². The van der Waals surface area contributed by atoms with Crippen LogP contribution in [0.15, 0.2) is 168 Å². The average Bonchev–Trinajstić information content (AvgIpc) is 3.93. The Bertz CT molecular complexity index is 3180. The Kier molecular flexibility index (Phi) is 6.62. The first-order valence-electron chi connectivity index (χ1n) is 17.5. The predicted octanol–water partition coefficient (Wildman–Crippen LogP) is 12.1. The molecular weight excluding hydrogens is 671 g/mol. The van der Waals surface area contributed by atoms with E-state index in [0.29, 0.717) is 17.5 Å². The van der Waals surface area contributed by atoms with Gasteiger partial charge in [0.15, 0.2) is 17.5 Å². The van der Waals surface area contributed by atoms with Gasteiger partial charge in [-0.15, -0.1) is 11.3 Å². The molecule has 0 saturated heterocycles. The van der Waals surface area contributed by atoms with E-state index >= 15 is 0 Å². The van der Waals surface area contributed by atoms with E-state index in [4.69, 9.17) is 24.4 Å². The van der Waals surface area contributed by atoms with Crippen molar-refractivity contribution >= 4 is 64.5 Å². The van der Waals surface area contributed by atoms with Crippen molar-refractivity contribution in [2.75, 3.05) is 0 Å². The topological polar surface area (TPSA) is 69.6 Å². The van der Waals surface area contributed by atoms with Crippen molar-refractivity contribution in [3.05, 3.63) is 164 Å². The first-order valence-corrected chi connectivity index (χ1v) is 18.3. The fraction of sp³-hybridized carbons (Fsp3) is 0. The van der Waals surface area contributed by atoms with E-state index in [0.717, 1.165) is 72.1 Å². The zero-order valence-electron chi connectivity index (χ0n) is 28.1. The van der Waals surface area contributed by atoms with Crippen LogP contribution in [0.1, 0.15) is 0 Å². The van der Waals surface area contributed by atoms with Crippen LogP contribution in [-0.4, -0.2) is 24.5 Å². The van der Waals surface area contributed by atoms with E-state index < -0.39 is 0 Å². The van der Waals surface area contributed by atoms with Crippen LogP contribution in [-0.2, 0) is 0 Å². The second-order valence-electron chi connectivity index (χ2n) is 13.0. The molecule has 11 aromatic rings. The van der Waals surface area contributed by atoms with Crippen molar-refractivity contribution in [2.24, 2.45) is 0 Å². The summed E-state index contributed by atoms with van der Waals surface area (Å²) in [4.78, 5) is 20.9. The molecule has 0 aliphatic heterocycles. The zero-order chi connectivity index (χ0) is 34.9. The summed E-state index contributed by atoms with van der Waals surface area (Å²) >= 11 is 1.78. The van der Waals surface area contributed by atoms with Gasteiger partial charge >= 0.3 is 0 Å². The fourth-order valence-corrected chi connectivity index (χ4v) is 8.71. The van der Waals surface area contributed by atoms with Crippen molar-refractivity contribution in [1.82, 2.24) is 24.5 Å². The SMILES string of the molecule is c1ccc(-c2nc(-c3cccc4sc5ccccc5c34)nc(-c3cccc4oc5cccc(-c6nc7ccccc7n6-c6ccccc6)c5c34)n2)cc1. The monoisotopic (exact) mass is 697 g/mol. The summed E-state index contributed by atoms with van der Waals surface area (Å²) in [5, 5.41) is 4.23. The van der Waals surface area contributed by atoms with Crippen LogP contribution in [0, 0.1) is 0 Å². The highest BCUT2D eigenvalue weighted by Crippen LogP contribution is 2.43. The third kappa shape index (κ3) is 4.71. The molecule has 0 amide bonds. The third-order valence-electron chi connectivity index (χ3n) is 9.89. The van der Waals surface area contributed by atoms with Crippen molar-refractivity contribution in [3.63, 3.8) is 0 Å². The summed E-state index contributed by atoms with van der Waals surface area (Å²) in [6.07, 6.45) is 0. The Morgan fingerprint density at radius 3 is 1.81 bits per heavy atom. The van der Waals surface area contributed by atoms with Gasteiger partial charge in [0, 0.05) is 58.9 Å². The molecule has 248 valence electrons.